The van der Waals surface area contributed by atoms with Gasteiger partial charge in [-0.2, -0.15) is 0 Å². The molecule has 2 aliphatic heterocycles. The highest BCUT2D eigenvalue weighted by Gasteiger charge is 2.33. The number of piperidine rings is 2. The molecule has 1 amide bonds. The van der Waals surface area contributed by atoms with Gasteiger partial charge < -0.3 is 20.7 Å². The van der Waals surface area contributed by atoms with Crippen LogP contribution in [0.5, 0.6) is 5.75 Å². The number of amides is 1. The van der Waals surface area contributed by atoms with Crippen molar-refractivity contribution in [1.82, 2.24) is 10.2 Å². The first-order valence-electron chi connectivity index (χ1n) is 7.74. The average Bonchev–Trinajstić information content (AvgIpc) is 2.52. The number of nitrogens with two attached hydrogens (primary N) is 1. The summed E-state index contributed by atoms with van der Waals surface area (Å²) in [4.78, 5) is 15.1. The number of benzene rings is 1. The lowest BCUT2D eigenvalue weighted by Gasteiger charge is -2.42. The highest BCUT2D eigenvalue weighted by atomic mass is 35.5. The highest BCUT2D eigenvalue weighted by Crippen LogP contribution is 2.30. The quantitative estimate of drug-likeness (QED) is 0.813. The van der Waals surface area contributed by atoms with Crippen molar-refractivity contribution in [3.63, 3.8) is 0 Å². The van der Waals surface area contributed by atoms with Crippen LogP contribution in [0.4, 0.5) is 5.69 Å². The molecule has 3 atom stereocenters. The van der Waals surface area contributed by atoms with E-state index in [4.69, 9.17) is 22.1 Å². The maximum atomic E-state index is 12.6. The molecular formula is C16H23Cl2N3O2. The first kappa shape index (κ1) is 18.2. The van der Waals surface area contributed by atoms with Gasteiger partial charge in [0.05, 0.1) is 23.4 Å². The number of carbonyl (C=O) groups is 1. The summed E-state index contributed by atoms with van der Waals surface area (Å²) in [6.07, 6.45) is 3.40. The minimum Gasteiger partial charge on any atom is -0.496 e. The van der Waals surface area contributed by atoms with Gasteiger partial charge >= 0.3 is 0 Å². The van der Waals surface area contributed by atoms with E-state index >= 15 is 0 Å². The second-order valence-corrected chi connectivity index (χ2v) is 6.55. The molecule has 2 fully saturated rings. The van der Waals surface area contributed by atoms with E-state index in [0.717, 1.165) is 19.5 Å². The number of methoxy groups -OCH3 is 1. The van der Waals surface area contributed by atoms with Crippen molar-refractivity contribution < 1.29 is 9.53 Å². The lowest BCUT2D eigenvalue weighted by atomic mass is 9.85. The van der Waals surface area contributed by atoms with Crippen LogP contribution in [0.15, 0.2) is 12.1 Å². The van der Waals surface area contributed by atoms with Crippen molar-refractivity contribution in [2.24, 2.45) is 5.92 Å². The molecule has 1 aromatic carbocycles. The Morgan fingerprint density at radius 2 is 2.17 bits per heavy atom. The van der Waals surface area contributed by atoms with Gasteiger partial charge in [-0.25, -0.2) is 0 Å². The Kier molecular flexibility index (Phi) is 6.00. The zero-order valence-corrected chi connectivity index (χ0v) is 14.8. The molecule has 2 saturated heterocycles. The first-order chi connectivity index (χ1) is 10.6. The zero-order chi connectivity index (χ0) is 15.7. The molecule has 3 N–H and O–H groups in total. The number of halogens is 2. The number of carbonyl (C=O) groups excluding carboxylic acids is 1. The first-order valence-corrected chi connectivity index (χ1v) is 8.12. The van der Waals surface area contributed by atoms with Gasteiger partial charge in [0.2, 0.25) is 0 Å². The van der Waals surface area contributed by atoms with Gasteiger partial charge in [0.25, 0.3) is 5.91 Å². The van der Waals surface area contributed by atoms with Crippen molar-refractivity contribution in [2.45, 2.75) is 25.3 Å². The third-order valence-electron chi connectivity index (χ3n) is 4.75. The molecular weight excluding hydrogens is 337 g/mol. The van der Waals surface area contributed by atoms with Crippen LogP contribution in [-0.4, -0.2) is 43.6 Å². The molecule has 0 saturated carbocycles. The number of nitrogens with zero attached hydrogens (tertiary/aromatic N) is 1. The predicted octanol–water partition coefficient (Wildman–Crippen LogP) is 2.57. The van der Waals surface area contributed by atoms with E-state index in [9.17, 15) is 4.79 Å². The summed E-state index contributed by atoms with van der Waals surface area (Å²) in [5.41, 5.74) is 6.62. The predicted molar refractivity (Wildman–Crippen MR) is 94.7 cm³/mol. The summed E-state index contributed by atoms with van der Waals surface area (Å²) >= 11 is 6.05. The number of rotatable bonds is 3. The Balaban J connectivity index is 0.00000192. The fraction of sp³-hybridized carbons (Fsp3) is 0.562. The molecule has 1 aromatic rings. The van der Waals surface area contributed by atoms with Crippen LogP contribution in [-0.2, 0) is 0 Å². The third kappa shape index (κ3) is 3.84. The molecule has 0 spiro atoms. The van der Waals surface area contributed by atoms with Crippen LogP contribution in [0.3, 0.4) is 0 Å². The molecule has 7 heteroatoms. The summed E-state index contributed by atoms with van der Waals surface area (Å²) < 4.78 is 5.27. The molecule has 128 valence electrons. The molecule has 0 radical (unpaired) electrons. The fourth-order valence-corrected chi connectivity index (χ4v) is 3.70. The van der Waals surface area contributed by atoms with Gasteiger partial charge in [-0.3, -0.25) is 4.79 Å². The molecule has 23 heavy (non-hydrogen) atoms. The Labute approximate surface area is 147 Å². The number of ether oxygens (including phenoxy) is 1. The molecule has 3 rings (SSSR count). The minimum absolute atomic E-state index is 0. The molecule has 0 aliphatic carbocycles. The second kappa shape index (κ2) is 7.60. The second-order valence-electron chi connectivity index (χ2n) is 6.15. The maximum Gasteiger partial charge on any atom is 0.255 e. The fourth-order valence-electron chi connectivity index (χ4n) is 3.53. The molecule has 2 bridgehead atoms. The van der Waals surface area contributed by atoms with E-state index in [-0.39, 0.29) is 24.4 Å². The summed E-state index contributed by atoms with van der Waals surface area (Å²) in [5.74, 6) is 0.866. The number of fused-ring (bicyclic) bond motifs is 2. The van der Waals surface area contributed by atoms with E-state index < -0.39 is 0 Å². The van der Waals surface area contributed by atoms with Crippen LogP contribution >= 0.6 is 24.0 Å². The lowest BCUT2D eigenvalue weighted by Crippen LogP contribution is -2.53. The Morgan fingerprint density at radius 1 is 1.39 bits per heavy atom. The van der Waals surface area contributed by atoms with E-state index in [1.165, 1.54) is 26.5 Å². The van der Waals surface area contributed by atoms with Crippen molar-refractivity contribution in [3.8, 4) is 5.75 Å². The number of nitrogens with one attached hydrogen (secondary N) is 1. The van der Waals surface area contributed by atoms with Gasteiger partial charge in [0.15, 0.2) is 0 Å². The minimum atomic E-state index is -0.136. The third-order valence-corrected chi connectivity index (χ3v) is 5.07. The van der Waals surface area contributed by atoms with Crippen LogP contribution in [0.2, 0.25) is 5.02 Å². The van der Waals surface area contributed by atoms with Crippen LogP contribution in [0, 0.1) is 5.92 Å². The lowest BCUT2D eigenvalue weighted by molar-refractivity contribution is 0.0737. The number of hydrogen-bond acceptors (Lipinski definition) is 4. The van der Waals surface area contributed by atoms with Crippen LogP contribution in [0.1, 0.15) is 29.6 Å². The van der Waals surface area contributed by atoms with Gasteiger partial charge in [-0.05, 0) is 37.8 Å². The number of hydrogen-bond donors (Lipinski definition) is 2. The van der Waals surface area contributed by atoms with Crippen LogP contribution in [0.25, 0.3) is 0 Å². The summed E-state index contributed by atoms with van der Waals surface area (Å²) in [5, 5.41) is 3.54. The highest BCUT2D eigenvalue weighted by molar-refractivity contribution is 6.33. The topological polar surface area (TPSA) is 67.6 Å². The van der Waals surface area contributed by atoms with Gasteiger partial charge in [0, 0.05) is 25.2 Å². The van der Waals surface area contributed by atoms with Crippen molar-refractivity contribution >= 4 is 35.6 Å². The molecule has 0 aromatic heterocycles. The van der Waals surface area contributed by atoms with Crippen molar-refractivity contribution in [1.29, 1.82) is 0 Å². The maximum absolute atomic E-state index is 12.6. The Hall–Kier alpha value is -1.17. The monoisotopic (exact) mass is 359 g/mol. The molecule has 5 nitrogen and oxygen atoms in total. The Morgan fingerprint density at radius 3 is 2.91 bits per heavy atom. The largest absolute Gasteiger partial charge is 0.496 e. The van der Waals surface area contributed by atoms with E-state index in [1.807, 2.05) is 0 Å². The molecule has 2 aliphatic rings. The molecule has 2 heterocycles. The Bertz CT molecular complexity index is 583. The van der Waals surface area contributed by atoms with Gasteiger partial charge in [-0.15, -0.1) is 12.4 Å². The normalized spacial score (nSPS) is 26.1. The molecule has 1 unspecified atom stereocenters. The van der Waals surface area contributed by atoms with Gasteiger partial charge in [0.1, 0.15) is 5.75 Å². The van der Waals surface area contributed by atoms with E-state index in [1.54, 1.807) is 12.1 Å². The average molecular weight is 360 g/mol. The van der Waals surface area contributed by atoms with E-state index in [2.05, 4.69) is 10.2 Å². The van der Waals surface area contributed by atoms with Crippen molar-refractivity contribution in [3.05, 3.63) is 22.7 Å². The number of nitrogen functional groups attached to an aromatic ring is 1. The summed E-state index contributed by atoms with van der Waals surface area (Å²) in [6, 6.07) is 3.41. The summed E-state index contributed by atoms with van der Waals surface area (Å²) in [7, 11) is 1.53. The number of anilines is 1. The van der Waals surface area contributed by atoms with E-state index in [0.29, 0.717) is 27.9 Å². The smallest absolute Gasteiger partial charge is 0.255 e. The van der Waals surface area contributed by atoms with Crippen molar-refractivity contribution in [2.75, 3.05) is 32.5 Å². The summed E-state index contributed by atoms with van der Waals surface area (Å²) in [6.45, 7) is 3.34. The SMILES string of the molecule is COc1cc(N)c(Cl)cc1C(=O)N[C@H]1CCN2CCC[C@H]1C2.Cl. The standard InChI is InChI=1S/C16H22ClN3O2.ClH/c1-22-15-8-13(18)12(17)7-11(15)16(21)19-14-4-6-20-5-2-3-10(14)9-20;/h7-8,10,14H,2-6,9,18H2,1H3,(H,19,21);1H/t10-,14-;/m0./s1. The van der Waals surface area contributed by atoms with Gasteiger partial charge in [-0.1, -0.05) is 11.6 Å². The zero-order valence-electron chi connectivity index (χ0n) is 13.2. The van der Waals surface area contributed by atoms with Crippen LogP contribution < -0.4 is 15.8 Å².